The summed E-state index contributed by atoms with van der Waals surface area (Å²) in [5.74, 6) is 2.33. The van der Waals surface area contributed by atoms with Gasteiger partial charge in [-0.25, -0.2) is 0 Å². The molecule has 5 rings (SSSR count). The van der Waals surface area contributed by atoms with E-state index < -0.39 is 0 Å². The van der Waals surface area contributed by atoms with Gasteiger partial charge in [0.15, 0.2) is 13.6 Å². The van der Waals surface area contributed by atoms with Crippen molar-refractivity contribution in [3.05, 3.63) is 78.4 Å². The monoisotopic (exact) mass is 523 g/mol. The summed E-state index contributed by atoms with van der Waals surface area (Å²) in [7, 11) is 0. The van der Waals surface area contributed by atoms with Crippen molar-refractivity contribution in [1.29, 1.82) is 0 Å². The Labute approximate surface area is 220 Å². The van der Waals surface area contributed by atoms with E-state index in [1.54, 1.807) is 72.8 Å². The summed E-state index contributed by atoms with van der Waals surface area (Å²) in [6.45, 7) is 2.92. The minimum absolute atomic E-state index is 0.0320. The molecule has 10 heteroatoms. The highest BCUT2D eigenvalue weighted by atomic mass is 16.7. The predicted molar refractivity (Wildman–Crippen MR) is 136 cm³/mol. The second kappa shape index (κ2) is 13.1. The van der Waals surface area contributed by atoms with Crippen LogP contribution in [0.1, 0.15) is 10.4 Å². The lowest BCUT2D eigenvalue weighted by molar-refractivity contribution is 0.00806. The lowest BCUT2D eigenvalue weighted by Gasteiger charge is -2.11. The van der Waals surface area contributed by atoms with Gasteiger partial charge in [0.1, 0.15) is 35.2 Å². The number of ether oxygens (including phenoxy) is 8. The van der Waals surface area contributed by atoms with Crippen LogP contribution in [0, 0.1) is 0 Å². The number of hydrogen-bond donors (Lipinski definition) is 1. The number of carbonyl (C=O) groups excluding carboxylic acids is 1. The van der Waals surface area contributed by atoms with E-state index in [1.165, 1.54) is 0 Å². The second-order valence-corrected chi connectivity index (χ2v) is 8.56. The van der Waals surface area contributed by atoms with Crippen molar-refractivity contribution in [3.63, 3.8) is 0 Å². The highest BCUT2D eigenvalue weighted by Crippen LogP contribution is 2.20. The van der Waals surface area contributed by atoms with Crippen molar-refractivity contribution in [2.45, 2.75) is 12.2 Å². The van der Waals surface area contributed by atoms with Crippen LogP contribution >= 0.6 is 0 Å². The van der Waals surface area contributed by atoms with Crippen LogP contribution in [-0.2, 0) is 18.9 Å². The van der Waals surface area contributed by atoms with Crippen LogP contribution in [0.2, 0.25) is 0 Å². The molecule has 2 fully saturated rings. The van der Waals surface area contributed by atoms with E-state index in [0.717, 1.165) is 13.2 Å². The maximum atomic E-state index is 12.5. The highest BCUT2D eigenvalue weighted by molar-refractivity contribution is 6.04. The summed E-state index contributed by atoms with van der Waals surface area (Å²) in [5.41, 5.74) is 1.15. The number of anilines is 1. The molecule has 0 aromatic heterocycles. The quantitative estimate of drug-likeness (QED) is 0.170. The average molecular weight is 524 g/mol. The SMILES string of the molecule is O=C(Nc1ccc(OCOc2ccc(OCOCC3CO3)cc2)cc1)c1ccc(OCOCC2CO2)cc1. The fourth-order valence-electron chi connectivity index (χ4n) is 3.24. The zero-order chi connectivity index (χ0) is 26.0. The molecule has 2 heterocycles. The Morgan fingerprint density at radius 1 is 0.632 bits per heavy atom. The fourth-order valence-corrected chi connectivity index (χ4v) is 3.24. The van der Waals surface area contributed by atoms with E-state index in [1.807, 2.05) is 0 Å². The molecule has 2 aliphatic rings. The molecule has 0 saturated carbocycles. The summed E-state index contributed by atoms with van der Waals surface area (Å²) in [4.78, 5) is 12.5. The Morgan fingerprint density at radius 3 is 1.47 bits per heavy atom. The maximum Gasteiger partial charge on any atom is 0.255 e. The number of rotatable bonds is 16. The van der Waals surface area contributed by atoms with Gasteiger partial charge in [-0.05, 0) is 72.8 Å². The first-order valence-corrected chi connectivity index (χ1v) is 12.2. The van der Waals surface area contributed by atoms with Crippen LogP contribution in [0.5, 0.6) is 23.0 Å². The van der Waals surface area contributed by atoms with Crippen LogP contribution in [-0.4, -0.2) is 64.9 Å². The van der Waals surface area contributed by atoms with Crippen LogP contribution in [0.25, 0.3) is 0 Å². The zero-order valence-corrected chi connectivity index (χ0v) is 20.7. The summed E-state index contributed by atoms with van der Waals surface area (Å²) >= 11 is 0. The standard InChI is InChI=1S/C28H29NO9/c30-28(20-1-5-22(6-2-20)35-17-31-13-26-15-33-26)29-21-3-7-23(8-4-21)37-19-38-25-11-9-24(10-12-25)36-18-32-14-27-16-34-27/h1-12,26-27H,13-19H2,(H,29,30). The Bertz CT molecular complexity index is 1140. The molecular weight excluding hydrogens is 494 g/mol. The van der Waals surface area contributed by atoms with Crippen molar-refractivity contribution < 1.29 is 42.7 Å². The van der Waals surface area contributed by atoms with Crippen molar-refractivity contribution in [2.24, 2.45) is 0 Å². The molecule has 0 aliphatic carbocycles. The van der Waals surface area contributed by atoms with Gasteiger partial charge in [-0.3, -0.25) is 4.79 Å². The van der Waals surface area contributed by atoms with Gasteiger partial charge in [0.2, 0.25) is 6.79 Å². The number of amides is 1. The zero-order valence-electron chi connectivity index (χ0n) is 20.7. The van der Waals surface area contributed by atoms with Gasteiger partial charge in [0.25, 0.3) is 5.91 Å². The Hall–Kier alpha value is -3.83. The number of carbonyl (C=O) groups is 1. The lowest BCUT2D eigenvalue weighted by atomic mass is 10.2. The van der Waals surface area contributed by atoms with Crippen molar-refractivity contribution in [2.75, 3.05) is 52.1 Å². The first-order valence-electron chi connectivity index (χ1n) is 12.2. The van der Waals surface area contributed by atoms with Crippen molar-refractivity contribution in [3.8, 4) is 23.0 Å². The normalized spacial score (nSPS) is 17.4. The molecule has 1 amide bonds. The van der Waals surface area contributed by atoms with E-state index in [0.29, 0.717) is 47.5 Å². The molecule has 2 atom stereocenters. The van der Waals surface area contributed by atoms with Crippen molar-refractivity contribution in [1.82, 2.24) is 0 Å². The largest absolute Gasteiger partial charge is 0.468 e. The van der Waals surface area contributed by atoms with Gasteiger partial charge in [-0.1, -0.05) is 0 Å². The topological polar surface area (TPSA) is 110 Å². The van der Waals surface area contributed by atoms with Crippen LogP contribution in [0.3, 0.4) is 0 Å². The van der Waals surface area contributed by atoms with Gasteiger partial charge >= 0.3 is 0 Å². The molecule has 2 aliphatic heterocycles. The number of hydrogen-bond acceptors (Lipinski definition) is 9. The first-order chi connectivity index (χ1) is 18.7. The van der Waals surface area contributed by atoms with Gasteiger partial charge in [0.05, 0.1) is 26.4 Å². The van der Waals surface area contributed by atoms with Gasteiger partial charge < -0.3 is 43.2 Å². The molecule has 1 N–H and O–H groups in total. The minimum atomic E-state index is -0.230. The fraction of sp³-hybridized carbons (Fsp3) is 0.321. The maximum absolute atomic E-state index is 12.5. The lowest BCUT2D eigenvalue weighted by Crippen LogP contribution is -2.12. The second-order valence-electron chi connectivity index (χ2n) is 8.56. The Morgan fingerprint density at radius 2 is 1.03 bits per heavy atom. The van der Waals surface area contributed by atoms with E-state index >= 15 is 0 Å². The van der Waals surface area contributed by atoms with Gasteiger partial charge in [0, 0.05) is 11.3 Å². The van der Waals surface area contributed by atoms with E-state index in [2.05, 4.69) is 5.32 Å². The summed E-state index contributed by atoms with van der Waals surface area (Å²) in [6.07, 6.45) is 0.411. The predicted octanol–water partition coefficient (Wildman–Crippen LogP) is 3.86. The first kappa shape index (κ1) is 25.8. The molecule has 200 valence electrons. The summed E-state index contributed by atoms with van der Waals surface area (Å²) in [6, 6.07) is 21.0. The molecule has 3 aromatic carbocycles. The van der Waals surface area contributed by atoms with Gasteiger partial charge in [-0.2, -0.15) is 0 Å². The third-order valence-electron chi connectivity index (χ3n) is 5.53. The molecule has 3 aromatic rings. The van der Waals surface area contributed by atoms with Gasteiger partial charge in [-0.15, -0.1) is 0 Å². The molecule has 2 saturated heterocycles. The smallest absolute Gasteiger partial charge is 0.255 e. The average Bonchev–Trinajstić information content (AvgIpc) is 3.87. The van der Waals surface area contributed by atoms with E-state index in [4.69, 9.17) is 37.9 Å². The number of epoxide rings is 2. The minimum Gasteiger partial charge on any atom is -0.468 e. The molecule has 0 bridgehead atoms. The van der Waals surface area contributed by atoms with Crippen LogP contribution in [0.4, 0.5) is 5.69 Å². The van der Waals surface area contributed by atoms with Crippen LogP contribution in [0.15, 0.2) is 72.8 Å². The molecule has 0 spiro atoms. The Kier molecular flexibility index (Phi) is 8.90. The van der Waals surface area contributed by atoms with Crippen molar-refractivity contribution >= 4 is 11.6 Å². The van der Waals surface area contributed by atoms with Crippen LogP contribution < -0.4 is 24.3 Å². The third-order valence-corrected chi connectivity index (χ3v) is 5.53. The number of nitrogens with one attached hydrogen (secondary N) is 1. The molecule has 2 unspecified atom stereocenters. The molecule has 38 heavy (non-hydrogen) atoms. The molecule has 0 radical (unpaired) electrons. The summed E-state index contributed by atoms with van der Waals surface area (Å²) in [5, 5.41) is 2.86. The highest BCUT2D eigenvalue weighted by Gasteiger charge is 2.22. The number of benzene rings is 3. The molecular formula is C28H29NO9. The summed E-state index contributed by atoms with van der Waals surface area (Å²) < 4.78 is 43.1. The molecule has 10 nitrogen and oxygen atoms in total. The third kappa shape index (κ3) is 8.63. The van der Waals surface area contributed by atoms with E-state index in [-0.39, 0.29) is 38.5 Å². The Balaban J connectivity index is 0.984. The van der Waals surface area contributed by atoms with E-state index in [9.17, 15) is 4.79 Å².